The SMILES string of the molecule is CN1C(=O)C2C(=NC(CN3CCN(c4cccc(Cl)c4)CC3)=[N+]2Cc2ccccc2F)N(C)C1=O. The first-order chi connectivity index (χ1) is 16.8. The molecule has 8 nitrogen and oxygen atoms in total. The fourth-order valence-corrected chi connectivity index (χ4v) is 4.99. The highest BCUT2D eigenvalue weighted by atomic mass is 35.5. The van der Waals surface area contributed by atoms with Crippen LogP contribution in [0.15, 0.2) is 53.5 Å². The largest absolute Gasteiger partial charge is 0.369 e. The van der Waals surface area contributed by atoms with E-state index in [1.54, 1.807) is 25.2 Å². The summed E-state index contributed by atoms with van der Waals surface area (Å²) >= 11 is 6.16. The number of halogens is 2. The van der Waals surface area contributed by atoms with Gasteiger partial charge in [-0.3, -0.25) is 19.5 Å². The number of nitrogens with zero attached hydrogens (tertiary/aromatic N) is 6. The van der Waals surface area contributed by atoms with E-state index in [2.05, 4.69) is 15.9 Å². The van der Waals surface area contributed by atoms with Gasteiger partial charge in [-0.1, -0.05) is 35.9 Å². The van der Waals surface area contributed by atoms with Crippen LogP contribution >= 0.6 is 11.6 Å². The zero-order chi connectivity index (χ0) is 24.7. The number of benzene rings is 2. The summed E-state index contributed by atoms with van der Waals surface area (Å²) in [4.78, 5) is 37.5. The third-order valence-electron chi connectivity index (χ3n) is 6.82. The Balaban J connectivity index is 1.40. The third kappa shape index (κ3) is 4.41. The van der Waals surface area contributed by atoms with Crippen LogP contribution in [0.1, 0.15) is 5.56 Å². The van der Waals surface area contributed by atoms with Gasteiger partial charge in [0.1, 0.15) is 18.9 Å². The Morgan fingerprint density at radius 1 is 1.03 bits per heavy atom. The summed E-state index contributed by atoms with van der Waals surface area (Å²) in [7, 11) is 3.08. The topological polar surface area (TPSA) is 62.5 Å². The normalized spacial score (nSPS) is 21.1. The molecule has 5 rings (SSSR count). The minimum absolute atomic E-state index is 0.184. The number of hydrogen-bond donors (Lipinski definition) is 0. The van der Waals surface area contributed by atoms with Gasteiger partial charge in [-0.2, -0.15) is 0 Å². The molecule has 0 radical (unpaired) electrons. The molecule has 1 atom stereocenters. The first-order valence-electron chi connectivity index (χ1n) is 11.6. The molecule has 3 aliphatic rings. The smallest absolute Gasteiger partial charge is 0.333 e. The molecule has 2 saturated heterocycles. The van der Waals surface area contributed by atoms with Crippen molar-refractivity contribution < 1.29 is 18.6 Å². The summed E-state index contributed by atoms with van der Waals surface area (Å²) in [6, 6.07) is 13.2. The molecule has 0 aliphatic carbocycles. The molecule has 3 aliphatic heterocycles. The van der Waals surface area contributed by atoms with E-state index in [9.17, 15) is 14.0 Å². The van der Waals surface area contributed by atoms with Gasteiger partial charge in [0.15, 0.2) is 0 Å². The van der Waals surface area contributed by atoms with Crippen LogP contribution in [0.2, 0.25) is 5.02 Å². The zero-order valence-electron chi connectivity index (χ0n) is 19.7. The number of carbonyl (C=O) groups excluding carboxylic acids is 2. The van der Waals surface area contributed by atoms with Crippen molar-refractivity contribution in [3.05, 3.63) is 64.9 Å². The van der Waals surface area contributed by atoms with E-state index in [4.69, 9.17) is 16.6 Å². The Labute approximate surface area is 208 Å². The highest BCUT2D eigenvalue weighted by molar-refractivity contribution is 6.30. The van der Waals surface area contributed by atoms with Gasteiger partial charge in [0, 0.05) is 56.5 Å². The maximum Gasteiger partial charge on any atom is 0.333 e. The number of aliphatic imine (C=N–C) groups is 1. The van der Waals surface area contributed by atoms with Gasteiger partial charge in [-0.05, 0) is 29.3 Å². The van der Waals surface area contributed by atoms with E-state index in [1.807, 2.05) is 22.8 Å². The van der Waals surface area contributed by atoms with E-state index in [1.165, 1.54) is 18.0 Å². The molecule has 3 heterocycles. The molecule has 182 valence electrons. The highest BCUT2D eigenvalue weighted by Gasteiger charge is 2.53. The van der Waals surface area contributed by atoms with E-state index < -0.39 is 12.1 Å². The Bertz CT molecular complexity index is 1240. The van der Waals surface area contributed by atoms with Gasteiger partial charge in [0.2, 0.25) is 0 Å². The first kappa shape index (κ1) is 23.4. The molecule has 2 aromatic rings. The lowest BCUT2D eigenvalue weighted by molar-refractivity contribution is -0.552. The monoisotopic (exact) mass is 497 g/mol. The molecule has 3 amide bonds. The molecule has 2 aromatic carbocycles. The molecule has 2 fully saturated rings. The number of carbonyl (C=O) groups is 2. The lowest BCUT2D eigenvalue weighted by Crippen LogP contribution is -2.61. The number of imide groups is 1. The van der Waals surface area contributed by atoms with Crippen molar-refractivity contribution in [3.8, 4) is 0 Å². The van der Waals surface area contributed by atoms with E-state index in [0.29, 0.717) is 28.8 Å². The van der Waals surface area contributed by atoms with Crippen molar-refractivity contribution in [1.82, 2.24) is 14.7 Å². The summed E-state index contributed by atoms with van der Waals surface area (Å²) in [6.07, 6.45) is 0. The van der Waals surface area contributed by atoms with Gasteiger partial charge in [0.05, 0.1) is 0 Å². The summed E-state index contributed by atoms with van der Waals surface area (Å²) in [5, 5.41) is 0.710. The van der Waals surface area contributed by atoms with Crippen LogP contribution in [0.3, 0.4) is 0 Å². The second-order valence-corrected chi connectivity index (χ2v) is 9.43. The summed E-state index contributed by atoms with van der Waals surface area (Å²) < 4.78 is 16.4. The number of amides is 3. The van der Waals surface area contributed by atoms with Gasteiger partial charge >= 0.3 is 11.9 Å². The minimum atomic E-state index is -0.759. The Morgan fingerprint density at radius 3 is 2.49 bits per heavy atom. The van der Waals surface area contributed by atoms with Crippen molar-refractivity contribution >= 4 is 40.9 Å². The summed E-state index contributed by atoms with van der Waals surface area (Å²) in [6.45, 7) is 3.91. The number of likely N-dealkylation sites (N-methyl/N-ethyl adjacent to an activating group) is 2. The second kappa shape index (κ2) is 9.39. The molecule has 0 aromatic heterocycles. The quantitative estimate of drug-likeness (QED) is 0.596. The van der Waals surface area contributed by atoms with Crippen LogP contribution in [0.4, 0.5) is 14.9 Å². The molecule has 35 heavy (non-hydrogen) atoms. The molecule has 1 unspecified atom stereocenters. The van der Waals surface area contributed by atoms with E-state index >= 15 is 0 Å². The van der Waals surface area contributed by atoms with E-state index in [-0.39, 0.29) is 18.3 Å². The Morgan fingerprint density at radius 2 is 1.77 bits per heavy atom. The van der Waals surface area contributed by atoms with Crippen molar-refractivity contribution in [2.45, 2.75) is 12.6 Å². The maximum absolute atomic E-state index is 14.5. The maximum atomic E-state index is 14.5. The zero-order valence-corrected chi connectivity index (χ0v) is 20.5. The number of fused-ring (bicyclic) bond motifs is 1. The standard InChI is InChI=1S/C25H27ClFN6O2/c1-29-23-22(24(34)30(2)25(29)35)33(15-17-6-3-4-9-20(17)27)21(28-23)16-31-10-12-32(13-11-31)19-8-5-7-18(26)14-19/h3-9,14,22H,10-13,15-16H2,1-2H3/q+1. The van der Waals surface area contributed by atoms with Crippen molar-refractivity contribution in [2.75, 3.05) is 51.7 Å². The number of urea groups is 1. The molecule has 0 spiro atoms. The van der Waals surface area contributed by atoms with Gasteiger partial charge < -0.3 is 4.90 Å². The second-order valence-electron chi connectivity index (χ2n) is 8.99. The fraction of sp³-hybridized carbons (Fsp3) is 0.360. The average molecular weight is 498 g/mol. The van der Waals surface area contributed by atoms with Crippen LogP contribution in [0.25, 0.3) is 0 Å². The van der Waals surface area contributed by atoms with Gasteiger partial charge in [-0.15, -0.1) is 0 Å². The van der Waals surface area contributed by atoms with Gasteiger partial charge in [-0.25, -0.2) is 13.8 Å². The van der Waals surface area contributed by atoms with Crippen LogP contribution < -0.4 is 4.90 Å². The van der Waals surface area contributed by atoms with Crippen molar-refractivity contribution in [1.29, 1.82) is 0 Å². The molecule has 0 N–H and O–H groups in total. The van der Waals surface area contributed by atoms with E-state index in [0.717, 1.165) is 36.8 Å². The highest BCUT2D eigenvalue weighted by Crippen LogP contribution is 2.23. The summed E-state index contributed by atoms with van der Waals surface area (Å²) in [5.74, 6) is 0.357. The first-order valence-corrected chi connectivity index (χ1v) is 11.9. The number of hydrogen-bond acceptors (Lipinski definition) is 5. The number of rotatable bonds is 5. The molecule has 0 saturated carbocycles. The molecule has 0 bridgehead atoms. The average Bonchev–Trinajstić information content (AvgIpc) is 3.21. The van der Waals surface area contributed by atoms with Crippen LogP contribution in [-0.2, 0) is 11.3 Å². The third-order valence-corrected chi connectivity index (χ3v) is 7.06. The molecular weight excluding hydrogens is 471 g/mol. The molecule has 10 heteroatoms. The number of amidine groups is 2. The van der Waals surface area contributed by atoms with Crippen LogP contribution in [0, 0.1) is 5.82 Å². The number of anilines is 1. The minimum Gasteiger partial charge on any atom is -0.369 e. The van der Waals surface area contributed by atoms with Crippen molar-refractivity contribution in [3.63, 3.8) is 0 Å². The predicted molar refractivity (Wildman–Crippen MR) is 133 cm³/mol. The molecular formula is C25H27ClFN6O2+. The summed E-state index contributed by atoms with van der Waals surface area (Å²) in [5.41, 5.74) is 1.56. The van der Waals surface area contributed by atoms with Crippen LogP contribution in [0.5, 0.6) is 0 Å². The van der Waals surface area contributed by atoms with Crippen LogP contribution in [-0.4, -0.2) is 95.7 Å². The Kier molecular flexibility index (Phi) is 6.29. The fourth-order valence-electron chi connectivity index (χ4n) is 4.80. The van der Waals surface area contributed by atoms with Crippen molar-refractivity contribution in [2.24, 2.45) is 4.99 Å². The lowest BCUT2D eigenvalue weighted by atomic mass is 10.1. The Hall–Kier alpha value is -3.30. The lowest BCUT2D eigenvalue weighted by Gasteiger charge is -2.35. The predicted octanol–water partition coefficient (Wildman–Crippen LogP) is 2.52. The van der Waals surface area contributed by atoms with Gasteiger partial charge in [0.25, 0.3) is 17.8 Å². The number of piperazine rings is 1.